The van der Waals surface area contributed by atoms with Crippen LogP contribution in [0.3, 0.4) is 0 Å². The van der Waals surface area contributed by atoms with Crippen molar-refractivity contribution in [3.63, 3.8) is 0 Å². The van der Waals surface area contributed by atoms with Crippen LogP contribution >= 0.6 is 0 Å². The van der Waals surface area contributed by atoms with Crippen LogP contribution in [0.4, 0.5) is 0 Å². The fraction of sp³-hybridized carbons (Fsp3) is 0.167. The lowest BCUT2D eigenvalue weighted by atomic mass is 10.1. The molecule has 1 aliphatic heterocycles. The summed E-state index contributed by atoms with van der Waals surface area (Å²) in [6.07, 6.45) is 6.08. The molecule has 0 saturated carbocycles. The maximum atomic E-state index is 12.2. The van der Waals surface area contributed by atoms with Gasteiger partial charge in [-0.3, -0.25) is 9.78 Å². The Kier molecular flexibility index (Phi) is 4.36. The zero-order valence-electron chi connectivity index (χ0n) is 14.0. The molecule has 0 spiro atoms. The molecule has 0 aliphatic carbocycles. The number of rotatable bonds is 5. The Labute approximate surface area is 154 Å². The van der Waals surface area contributed by atoms with Crippen molar-refractivity contribution in [1.29, 1.82) is 0 Å². The molecule has 0 bridgehead atoms. The minimum absolute atomic E-state index is 0.0480. The summed E-state index contributed by atoms with van der Waals surface area (Å²) in [7, 11) is -3.24. The lowest BCUT2D eigenvalue weighted by molar-refractivity contribution is 0.0942. The highest BCUT2D eigenvalue weighted by molar-refractivity contribution is 7.94. The van der Waals surface area contributed by atoms with Gasteiger partial charge in [-0.05, 0) is 18.2 Å². The number of benzene rings is 1. The molecule has 9 heteroatoms. The van der Waals surface area contributed by atoms with E-state index < -0.39 is 21.8 Å². The van der Waals surface area contributed by atoms with Gasteiger partial charge in [0.15, 0.2) is 22.1 Å². The van der Waals surface area contributed by atoms with Crippen molar-refractivity contribution in [2.45, 2.75) is 12.6 Å². The number of carbonyl (C=O) groups excluding carboxylic acids is 1. The lowest BCUT2D eigenvalue weighted by Gasteiger charge is -2.08. The highest BCUT2D eigenvalue weighted by Crippen LogP contribution is 2.25. The van der Waals surface area contributed by atoms with Crippen LogP contribution in [0.1, 0.15) is 16.4 Å². The second kappa shape index (κ2) is 6.84. The number of nitrogens with one attached hydrogen (secondary N) is 1. The van der Waals surface area contributed by atoms with Crippen molar-refractivity contribution in [3.8, 4) is 5.75 Å². The van der Waals surface area contributed by atoms with Gasteiger partial charge >= 0.3 is 0 Å². The van der Waals surface area contributed by atoms with Crippen LogP contribution in [0.5, 0.6) is 5.75 Å². The molecule has 0 unspecified atom stereocenters. The largest absolute Gasteiger partial charge is 0.483 e. The van der Waals surface area contributed by atoms with Gasteiger partial charge in [0.25, 0.3) is 5.91 Å². The number of pyridine rings is 1. The smallest absolute Gasteiger partial charge is 0.273 e. The number of aromatic nitrogens is 2. The Morgan fingerprint density at radius 2 is 2.22 bits per heavy atom. The molecule has 3 heterocycles. The third kappa shape index (κ3) is 3.82. The first-order valence-electron chi connectivity index (χ1n) is 8.12. The topological polar surface area (TPSA) is 111 Å². The second-order valence-electron chi connectivity index (χ2n) is 6.01. The van der Waals surface area contributed by atoms with Crippen molar-refractivity contribution in [1.82, 2.24) is 15.3 Å². The van der Waals surface area contributed by atoms with E-state index in [1.807, 2.05) is 24.3 Å². The minimum Gasteiger partial charge on any atom is -0.483 e. The van der Waals surface area contributed by atoms with Gasteiger partial charge in [0.1, 0.15) is 12.0 Å². The number of sulfone groups is 1. The molecule has 0 saturated heterocycles. The van der Waals surface area contributed by atoms with Gasteiger partial charge in [-0.1, -0.05) is 12.1 Å². The van der Waals surface area contributed by atoms with Crippen LogP contribution in [0.15, 0.2) is 58.8 Å². The molecule has 8 nitrogen and oxygen atoms in total. The van der Waals surface area contributed by atoms with Crippen LogP contribution in [-0.4, -0.2) is 36.1 Å². The van der Waals surface area contributed by atoms with Gasteiger partial charge in [0, 0.05) is 28.6 Å². The first-order chi connectivity index (χ1) is 13.0. The van der Waals surface area contributed by atoms with Gasteiger partial charge in [0.05, 0.1) is 11.8 Å². The summed E-state index contributed by atoms with van der Waals surface area (Å²) in [5.74, 6) is 0.233. The summed E-state index contributed by atoms with van der Waals surface area (Å²) >= 11 is 0. The maximum absolute atomic E-state index is 12.2. The van der Waals surface area contributed by atoms with Crippen LogP contribution < -0.4 is 10.1 Å². The monoisotopic (exact) mass is 385 g/mol. The summed E-state index contributed by atoms with van der Waals surface area (Å²) in [5, 5.41) is 5.54. The maximum Gasteiger partial charge on any atom is 0.273 e. The predicted molar refractivity (Wildman–Crippen MR) is 96.8 cm³/mol. The number of hydrogen-bond acceptors (Lipinski definition) is 7. The van der Waals surface area contributed by atoms with E-state index in [2.05, 4.69) is 15.3 Å². The highest BCUT2D eigenvalue weighted by Gasteiger charge is 2.24. The summed E-state index contributed by atoms with van der Waals surface area (Å²) in [4.78, 5) is 20.3. The van der Waals surface area contributed by atoms with Crippen LogP contribution in [-0.2, 0) is 16.4 Å². The van der Waals surface area contributed by atoms with Crippen LogP contribution in [0.2, 0.25) is 0 Å². The molecule has 1 N–H and O–H groups in total. The quantitative estimate of drug-likeness (QED) is 0.713. The molecule has 4 rings (SSSR count). The molecule has 0 radical (unpaired) electrons. The van der Waals surface area contributed by atoms with Gasteiger partial charge in [-0.25, -0.2) is 13.4 Å². The van der Waals surface area contributed by atoms with E-state index >= 15 is 0 Å². The van der Waals surface area contributed by atoms with E-state index in [1.54, 1.807) is 12.4 Å². The third-order valence-electron chi connectivity index (χ3n) is 4.02. The van der Waals surface area contributed by atoms with Crippen LogP contribution in [0, 0.1) is 0 Å². The molecule has 1 aliphatic rings. The molecular weight excluding hydrogens is 370 g/mol. The standard InChI is InChI=1S/C18H15N3O5S/c22-18(20-13-5-7-27(23,24)11-13)15-9-26-17(21-15)10-25-16-3-1-2-12-8-19-6-4-14(12)16/h1-9,13H,10-11H2,(H,20,22)/t13-/m1/s1. The zero-order valence-corrected chi connectivity index (χ0v) is 14.8. The Bertz CT molecular complexity index is 1130. The van der Waals surface area contributed by atoms with Gasteiger partial charge in [0.2, 0.25) is 5.89 Å². The van der Waals surface area contributed by atoms with E-state index in [4.69, 9.17) is 9.15 Å². The average Bonchev–Trinajstić information content (AvgIpc) is 3.26. The van der Waals surface area contributed by atoms with Crippen LogP contribution in [0.25, 0.3) is 10.8 Å². The number of oxazole rings is 1. The molecule has 0 fully saturated rings. The van der Waals surface area contributed by atoms with E-state index in [1.165, 1.54) is 12.3 Å². The molecule has 27 heavy (non-hydrogen) atoms. The Morgan fingerprint density at radius 1 is 1.33 bits per heavy atom. The molecule has 138 valence electrons. The van der Waals surface area contributed by atoms with E-state index in [-0.39, 0.29) is 23.9 Å². The van der Waals surface area contributed by atoms with E-state index in [0.29, 0.717) is 5.75 Å². The van der Waals surface area contributed by atoms with Crippen molar-refractivity contribution < 1.29 is 22.4 Å². The number of nitrogens with zero attached hydrogens (tertiary/aromatic N) is 2. The van der Waals surface area contributed by atoms with Gasteiger partial charge < -0.3 is 14.5 Å². The fourth-order valence-electron chi connectivity index (χ4n) is 2.75. The SMILES string of the molecule is O=C(N[C@@H]1C=CS(=O)(=O)C1)c1coc(COc2cccc3cnccc23)n1. The first-order valence-corrected chi connectivity index (χ1v) is 9.83. The number of carbonyl (C=O) groups is 1. The summed E-state index contributed by atoms with van der Waals surface area (Å²) < 4.78 is 33.8. The lowest BCUT2D eigenvalue weighted by Crippen LogP contribution is -2.35. The Balaban J connectivity index is 1.41. The second-order valence-corrected chi connectivity index (χ2v) is 7.94. The summed E-state index contributed by atoms with van der Waals surface area (Å²) in [6, 6.07) is 6.90. The van der Waals surface area contributed by atoms with E-state index in [0.717, 1.165) is 16.2 Å². The van der Waals surface area contributed by atoms with Gasteiger partial charge in [-0.15, -0.1) is 0 Å². The highest BCUT2D eigenvalue weighted by atomic mass is 32.2. The Morgan fingerprint density at radius 3 is 3.04 bits per heavy atom. The number of fused-ring (bicyclic) bond motifs is 1. The summed E-state index contributed by atoms with van der Waals surface area (Å²) in [5.41, 5.74) is 0.0633. The number of hydrogen-bond donors (Lipinski definition) is 1. The molecular formula is C18H15N3O5S. The molecule has 2 aromatic heterocycles. The van der Waals surface area contributed by atoms with Crippen molar-refractivity contribution in [3.05, 3.63) is 66.0 Å². The van der Waals surface area contributed by atoms with E-state index in [9.17, 15) is 13.2 Å². The molecule has 1 aromatic carbocycles. The third-order valence-corrected chi connectivity index (χ3v) is 5.42. The average molecular weight is 385 g/mol. The normalized spacial score (nSPS) is 17.9. The molecule has 1 atom stereocenters. The molecule has 1 amide bonds. The fourth-order valence-corrected chi connectivity index (χ4v) is 3.98. The zero-order chi connectivity index (χ0) is 18.9. The minimum atomic E-state index is -3.24. The van der Waals surface area contributed by atoms with Crippen molar-refractivity contribution in [2.24, 2.45) is 0 Å². The molecule has 3 aromatic rings. The summed E-state index contributed by atoms with van der Waals surface area (Å²) in [6.45, 7) is 0.0480. The first kappa shape index (κ1) is 17.2. The number of amides is 1. The Hall–Kier alpha value is -3.20. The van der Waals surface area contributed by atoms with Gasteiger partial charge in [-0.2, -0.15) is 0 Å². The van der Waals surface area contributed by atoms with Crippen molar-refractivity contribution >= 4 is 26.5 Å². The van der Waals surface area contributed by atoms with Crippen molar-refractivity contribution in [2.75, 3.05) is 5.75 Å². The predicted octanol–water partition coefficient (Wildman–Crippen LogP) is 1.84. The number of ether oxygens (including phenoxy) is 1.